The number of carbonyl (C=O) groups excluding carboxylic acids is 1. The maximum atomic E-state index is 12.4. The van der Waals surface area contributed by atoms with Crippen molar-refractivity contribution in [1.29, 1.82) is 0 Å². The van der Waals surface area contributed by atoms with Crippen LogP contribution in [0.1, 0.15) is 33.1 Å². The molecule has 1 heterocycles. The quantitative estimate of drug-likeness (QED) is 0.756. The minimum Gasteiger partial charge on any atom is -0.372 e. The number of morpholine rings is 1. The molecule has 1 aliphatic heterocycles. The van der Waals surface area contributed by atoms with Crippen molar-refractivity contribution >= 4 is 5.91 Å². The van der Waals surface area contributed by atoms with Crippen molar-refractivity contribution in [2.24, 2.45) is 11.1 Å². The second kappa shape index (κ2) is 4.00. The first-order valence-corrected chi connectivity index (χ1v) is 6.13. The van der Waals surface area contributed by atoms with Gasteiger partial charge >= 0.3 is 0 Å². The van der Waals surface area contributed by atoms with E-state index in [1.807, 2.05) is 18.7 Å². The van der Waals surface area contributed by atoms with Gasteiger partial charge in [-0.05, 0) is 26.7 Å². The number of carbonyl (C=O) groups is 1. The largest absolute Gasteiger partial charge is 0.372 e. The summed E-state index contributed by atoms with van der Waals surface area (Å²) in [7, 11) is 0. The first-order chi connectivity index (χ1) is 7.49. The van der Waals surface area contributed by atoms with Crippen LogP contribution in [0.25, 0.3) is 0 Å². The van der Waals surface area contributed by atoms with Gasteiger partial charge in [-0.1, -0.05) is 6.42 Å². The molecular formula is C12H22N2O2. The van der Waals surface area contributed by atoms with E-state index in [1.54, 1.807) is 0 Å². The van der Waals surface area contributed by atoms with E-state index in [0.29, 0.717) is 26.2 Å². The Bertz CT molecular complexity index is 279. The molecule has 2 aliphatic rings. The normalized spacial score (nSPS) is 27.3. The average Bonchev–Trinajstić information content (AvgIpc) is 2.15. The number of nitrogens with two attached hydrogens (primary N) is 1. The van der Waals surface area contributed by atoms with E-state index in [0.717, 1.165) is 19.3 Å². The fraction of sp³-hybridized carbons (Fsp3) is 0.917. The van der Waals surface area contributed by atoms with E-state index in [4.69, 9.17) is 10.5 Å². The molecule has 0 radical (unpaired) electrons. The lowest BCUT2D eigenvalue weighted by Gasteiger charge is -2.46. The van der Waals surface area contributed by atoms with Crippen molar-refractivity contribution < 1.29 is 9.53 Å². The fourth-order valence-electron chi connectivity index (χ4n) is 2.63. The van der Waals surface area contributed by atoms with Gasteiger partial charge in [-0.3, -0.25) is 4.79 Å². The van der Waals surface area contributed by atoms with E-state index < -0.39 is 0 Å². The highest BCUT2D eigenvalue weighted by molar-refractivity contribution is 5.84. The van der Waals surface area contributed by atoms with Gasteiger partial charge in [0.25, 0.3) is 0 Å². The molecule has 16 heavy (non-hydrogen) atoms. The maximum absolute atomic E-state index is 12.4. The fourth-order valence-corrected chi connectivity index (χ4v) is 2.63. The second-order valence-corrected chi connectivity index (χ2v) is 5.67. The summed E-state index contributed by atoms with van der Waals surface area (Å²) in [6.07, 6.45) is 3.05. The number of hydrogen-bond donors (Lipinski definition) is 1. The molecule has 4 nitrogen and oxygen atoms in total. The Hall–Kier alpha value is -0.610. The Labute approximate surface area is 97.1 Å². The number of nitrogens with zero attached hydrogens (tertiary/aromatic N) is 1. The van der Waals surface area contributed by atoms with Crippen LogP contribution in [0.3, 0.4) is 0 Å². The molecule has 92 valence electrons. The van der Waals surface area contributed by atoms with Crippen LogP contribution in [0.4, 0.5) is 0 Å². The molecule has 1 amide bonds. The van der Waals surface area contributed by atoms with Crippen molar-refractivity contribution in [1.82, 2.24) is 4.90 Å². The number of ether oxygens (including phenoxy) is 1. The molecule has 0 spiro atoms. The van der Waals surface area contributed by atoms with Crippen molar-refractivity contribution in [3.05, 3.63) is 0 Å². The standard InChI is InChI=1S/C12H22N2O2/c1-11(2)9-14(6-7-16-11)10(15)12(8-13)4-3-5-12/h3-9,13H2,1-2H3. The van der Waals surface area contributed by atoms with Crippen LogP contribution in [0.5, 0.6) is 0 Å². The predicted octanol–water partition coefficient (Wildman–Crippen LogP) is 0.753. The van der Waals surface area contributed by atoms with Crippen molar-refractivity contribution in [3.63, 3.8) is 0 Å². The van der Waals surface area contributed by atoms with Gasteiger partial charge in [-0.2, -0.15) is 0 Å². The van der Waals surface area contributed by atoms with E-state index in [2.05, 4.69) is 0 Å². The van der Waals surface area contributed by atoms with Gasteiger partial charge in [0.05, 0.1) is 17.6 Å². The topological polar surface area (TPSA) is 55.6 Å². The zero-order chi connectivity index (χ0) is 11.8. The van der Waals surface area contributed by atoms with Crippen LogP contribution < -0.4 is 5.73 Å². The molecule has 1 saturated carbocycles. The first-order valence-electron chi connectivity index (χ1n) is 6.13. The van der Waals surface area contributed by atoms with Gasteiger partial charge in [0.2, 0.25) is 5.91 Å². The number of hydrogen-bond acceptors (Lipinski definition) is 3. The van der Waals surface area contributed by atoms with E-state index in [9.17, 15) is 4.79 Å². The van der Waals surface area contributed by atoms with Crippen LogP contribution in [0.2, 0.25) is 0 Å². The lowest BCUT2D eigenvalue weighted by atomic mass is 9.67. The van der Waals surface area contributed by atoms with Gasteiger partial charge < -0.3 is 15.4 Å². The lowest BCUT2D eigenvalue weighted by Crippen LogP contribution is -2.58. The van der Waals surface area contributed by atoms with E-state index >= 15 is 0 Å². The summed E-state index contributed by atoms with van der Waals surface area (Å²) in [4.78, 5) is 14.4. The Morgan fingerprint density at radius 1 is 1.44 bits per heavy atom. The second-order valence-electron chi connectivity index (χ2n) is 5.67. The molecular weight excluding hydrogens is 204 g/mol. The van der Waals surface area contributed by atoms with E-state index in [-0.39, 0.29) is 16.9 Å². The molecule has 2 fully saturated rings. The molecule has 0 aromatic heterocycles. The van der Waals surface area contributed by atoms with Gasteiger partial charge in [0, 0.05) is 19.6 Å². The molecule has 0 bridgehead atoms. The average molecular weight is 226 g/mol. The Morgan fingerprint density at radius 3 is 2.56 bits per heavy atom. The number of rotatable bonds is 2. The minimum atomic E-state index is -0.243. The molecule has 2 N–H and O–H groups in total. The highest BCUT2D eigenvalue weighted by Gasteiger charge is 2.46. The monoisotopic (exact) mass is 226 g/mol. The van der Waals surface area contributed by atoms with Gasteiger partial charge in [-0.15, -0.1) is 0 Å². The highest BCUT2D eigenvalue weighted by Crippen LogP contribution is 2.42. The van der Waals surface area contributed by atoms with Crippen molar-refractivity contribution in [2.45, 2.75) is 38.7 Å². The summed E-state index contributed by atoms with van der Waals surface area (Å²) >= 11 is 0. The molecule has 1 saturated heterocycles. The Balaban J connectivity index is 2.04. The van der Waals surface area contributed by atoms with Gasteiger partial charge in [0.15, 0.2) is 0 Å². The molecule has 2 rings (SSSR count). The zero-order valence-corrected chi connectivity index (χ0v) is 10.3. The zero-order valence-electron chi connectivity index (χ0n) is 10.3. The molecule has 0 aromatic rings. The van der Waals surface area contributed by atoms with Crippen molar-refractivity contribution in [2.75, 3.05) is 26.2 Å². The van der Waals surface area contributed by atoms with Crippen LogP contribution in [-0.4, -0.2) is 42.6 Å². The highest BCUT2D eigenvalue weighted by atomic mass is 16.5. The summed E-state index contributed by atoms with van der Waals surface area (Å²) in [5.41, 5.74) is 5.31. The third-order valence-electron chi connectivity index (χ3n) is 3.87. The summed E-state index contributed by atoms with van der Waals surface area (Å²) in [6, 6.07) is 0. The van der Waals surface area contributed by atoms with Gasteiger partial charge in [0.1, 0.15) is 0 Å². The minimum absolute atomic E-state index is 0.215. The Morgan fingerprint density at radius 2 is 2.12 bits per heavy atom. The lowest BCUT2D eigenvalue weighted by molar-refractivity contribution is -0.160. The van der Waals surface area contributed by atoms with Crippen LogP contribution in [0.15, 0.2) is 0 Å². The summed E-state index contributed by atoms with van der Waals surface area (Å²) < 4.78 is 5.62. The molecule has 0 atom stereocenters. The molecule has 0 aromatic carbocycles. The number of amides is 1. The molecule has 4 heteroatoms. The summed E-state index contributed by atoms with van der Waals surface area (Å²) in [6.45, 7) is 6.59. The van der Waals surface area contributed by atoms with Crippen molar-refractivity contribution in [3.8, 4) is 0 Å². The van der Waals surface area contributed by atoms with Crippen LogP contribution >= 0.6 is 0 Å². The summed E-state index contributed by atoms with van der Waals surface area (Å²) in [5, 5.41) is 0. The first kappa shape index (κ1) is 11.9. The third kappa shape index (κ3) is 1.96. The van der Waals surface area contributed by atoms with Crippen LogP contribution in [-0.2, 0) is 9.53 Å². The molecule has 0 unspecified atom stereocenters. The third-order valence-corrected chi connectivity index (χ3v) is 3.87. The van der Waals surface area contributed by atoms with E-state index in [1.165, 1.54) is 0 Å². The predicted molar refractivity (Wildman–Crippen MR) is 61.9 cm³/mol. The maximum Gasteiger partial charge on any atom is 0.230 e. The van der Waals surface area contributed by atoms with Gasteiger partial charge in [-0.25, -0.2) is 0 Å². The smallest absolute Gasteiger partial charge is 0.230 e. The van der Waals surface area contributed by atoms with Crippen LogP contribution in [0, 0.1) is 5.41 Å². The molecule has 1 aliphatic carbocycles. The summed E-state index contributed by atoms with van der Waals surface area (Å²) in [5.74, 6) is 0.248. The SMILES string of the molecule is CC1(C)CN(C(=O)C2(CN)CCC2)CCO1. The Kier molecular flexibility index (Phi) is 2.97.